The average molecular weight is 778 g/mol. The number of fused-ring (bicyclic) bond motifs is 4. The topological polar surface area (TPSA) is 58.0 Å². The molecule has 7 rings (SSSR count). The number of aliphatic imine (C=N–C) groups is 1. The fourth-order valence-electron chi connectivity index (χ4n) is 6.39. The molecule has 1 aliphatic carbocycles. The molecule has 10 heteroatoms. The fourth-order valence-corrected chi connectivity index (χ4v) is 6.39. The van der Waals surface area contributed by atoms with Crippen molar-refractivity contribution < 1.29 is 48.5 Å². The summed E-state index contributed by atoms with van der Waals surface area (Å²) in [4.78, 5) is 11.1. The number of hydrogen-bond acceptors (Lipinski definition) is 5. The molecule has 1 aromatic heterocycles. The van der Waals surface area contributed by atoms with Crippen molar-refractivity contribution in [3.63, 3.8) is 0 Å². The van der Waals surface area contributed by atoms with Crippen LogP contribution < -0.4 is 9.64 Å². The predicted octanol–water partition coefficient (Wildman–Crippen LogP) is 7.94. The van der Waals surface area contributed by atoms with E-state index < -0.39 is 35.4 Å². The third-order valence-corrected chi connectivity index (χ3v) is 8.07. The second-order valence-electron chi connectivity index (χ2n) is 11.0. The van der Waals surface area contributed by atoms with Gasteiger partial charge in [0.15, 0.2) is 23.3 Å². The van der Waals surface area contributed by atoms with Gasteiger partial charge in [0.05, 0.1) is 17.9 Å². The molecule has 0 unspecified atom stereocenters. The van der Waals surface area contributed by atoms with E-state index in [1.165, 1.54) is 6.07 Å². The van der Waals surface area contributed by atoms with Crippen molar-refractivity contribution in [1.29, 1.82) is 0 Å². The van der Waals surface area contributed by atoms with Gasteiger partial charge in [-0.3, -0.25) is 0 Å². The van der Waals surface area contributed by atoms with Crippen LogP contribution in [0.25, 0.3) is 10.9 Å². The van der Waals surface area contributed by atoms with Gasteiger partial charge >= 0.3 is 0 Å². The number of aryl methyl sites for hydroxylation is 3. The van der Waals surface area contributed by atoms with Crippen LogP contribution in [0, 0.1) is 50.1 Å². The molecule has 4 aromatic carbocycles. The number of rotatable bonds is 4. The van der Waals surface area contributed by atoms with Crippen LogP contribution >= 0.6 is 0 Å². The summed E-state index contributed by atoms with van der Waals surface area (Å²) in [5.74, 6) is -5.49. The molecule has 1 aliphatic heterocycles. The van der Waals surface area contributed by atoms with Crippen molar-refractivity contribution in [2.45, 2.75) is 39.3 Å². The number of pyridine rings is 1. The monoisotopic (exact) mass is 777 g/mol. The van der Waals surface area contributed by atoms with Crippen LogP contribution in [0.1, 0.15) is 39.4 Å². The van der Waals surface area contributed by atoms with Gasteiger partial charge in [0.1, 0.15) is 11.3 Å². The molecule has 0 spiro atoms. The van der Waals surface area contributed by atoms with Gasteiger partial charge in [0, 0.05) is 55.1 Å². The van der Waals surface area contributed by atoms with Gasteiger partial charge in [-0.15, -0.1) is 23.8 Å². The van der Waals surface area contributed by atoms with Crippen molar-refractivity contribution in [3.8, 4) is 17.4 Å². The van der Waals surface area contributed by atoms with Gasteiger partial charge in [-0.1, -0.05) is 35.9 Å². The third kappa shape index (κ3) is 4.65. The number of aromatic nitrogens is 1. The molecule has 1 N–H and O–H groups in total. The maximum atomic E-state index is 15.2. The maximum Gasteiger partial charge on any atom is 0.217 e. The molecule has 0 bridgehead atoms. The number of halogens is 4. The Kier molecular flexibility index (Phi) is 7.48. The van der Waals surface area contributed by atoms with Crippen LogP contribution in [0.4, 0.5) is 23.2 Å². The average Bonchev–Trinajstić information content (AvgIpc) is 3.52. The van der Waals surface area contributed by atoms with Gasteiger partial charge in [-0.2, -0.15) is 0 Å². The number of para-hydroxylation sites is 1. The van der Waals surface area contributed by atoms with E-state index in [2.05, 4.69) is 11.1 Å². The Morgan fingerprint density at radius 2 is 1.59 bits per heavy atom. The van der Waals surface area contributed by atoms with Crippen molar-refractivity contribution in [3.05, 3.63) is 123 Å². The van der Waals surface area contributed by atoms with Crippen LogP contribution in [-0.2, 0) is 27.5 Å². The summed E-state index contributed by atoms with van der Waals surface area (Å²) >= 11 is 0. The summed E-state index contributed by atoms with van der Waals surface area (Å²) < 4.78 is 64.7. The summed E-state index contributed by atoms with van der Waals surface area (Å²) in [5, 5.41) is 11.0. The molecule has 44 heavy (non-hydrogen) atoms. The number of nitrogens with zero attached hydrogens (tertiary/aromatic N) is 3. The molecule has 5 aromatic rings. The Morgan fingerprint density at radius 1 is 0.886 bits per heavy atom. The number of anilines is 1. The first-order chi connectivity index (χ1) is 20.6. The molecule has 226 valence electrons. The van der Waals surface area contributed by atoms with E-state index in [1.807, 2.05) is 43.9 Å². The Hall–Kier alpha value is -4.23. The van der Waals surface area contributed by atoms with Crippen molar-refractivity contribution in [2.75, 3.05) is 4.90 Å². The minimum absolute atomic E-state index is 0. The molecule has 2 atom stereocenters. The van der Waals surface area contributed by atoms with Crippen LogP contribution in [0.3, 0.4) is 0 Å². The van der Waals surface area contributed by atoms with E-state index in [1.54, 1.807) is 36.4 Å². The number of ether oxygens (including phenoxy) is 1. The zero-order valence-corrected chi connectivity index (χ0v) is 25.9. The minimum Gasteiger partial charge on any atom is -0.506 e. The van der Waals surface area contributed by atoms with Crippen LogP contribution in [0.15, 0.2) is 65.7 Å². The summed E-state index contributed by atoms with van der Waals surface area (Å²) in [5.41, 5.74) is 4.07. The molecule has 0 saturated heterocycles. The zero-order valence-electron chi connectivity index (χ0n) is 23.7. The van der Waals surface area contributed by atoms with Gasteiger partial charge in [-0.25, -0.2) is 22.5 Å². The van der Waals surface area contributed by atoms with Gasteiger partial charge < -0.3 is 19.7 Å². The molecular formula is C34H24F4N3O2Pt-. The Bertz CT molecular complexity index is 1990. The maximum absolute atomic E-state index is 15.2. The summed E-state index contributed by atoms with van der Waals surface area (Å²) in [7, 11) is 0. The number of aromatic hydroxyl groups is 1. The fraction of sp³-hybridized carbons (Fsp3) is 0.176. The second kappa shape index (κ2) is 11.0. The van der Waals surface area contributed by atoms with Crippen LogP contribution in [-0.4, -0.2) is 22.0 Å². The summed E-state index contributed by atoms with van der Waals surface area (Å²) in [6.45, 7) is 5.85. The third-order valence-electron chi connectivity index (χ3n) is 8.07. The SMILES string of the molecule is Cc1cc(C)c(N2C(c3[c-]c(Oc4ccc5cccc(O)c5n4)ccc3)=N[C@H]3c4c(F)c(F)c(F)c(F)c4C[C@H]32)c(C)c1.[Pt]. The molecule has 5 nitrogen and oxygen atoms in total. The van der Waals surface area contributed by atoms with Crippen molar-refractivity contribution >= 4 is 22.4 Å². The first-order valence-electron chi connectivity index (χ1n) is 13.7. The van der Waals surface area contributed by atoms with Crippen LogP contribution in [0.2, 0.25) is 0 Å². The Morgan fingerprint density at radius 3 is 2.34 bits per heavy atom. The van der Waals surface area contributed by atoms with E-state index in [4.69, 9.17) is 9.73 Å². The number of amidine groups is 1. The predicted molar refractivity (Wildman–Crippen MR) is 155 cm³/mol. The molecule has 2 aliphatic rings. The van der Waals surface area contributed by atoms with Gasteiger partial charge in [-0.05, 0) is 50.5 Å². The van der Waals surface area contributed by atoms with E-state index >= 15 is 4.39 Å². The van der Waals surface area contributed by atoms with Crippen LogP contribution in [0.5, 0.6) is 17.4 Å². The molecule has 0 fully saturated rings. The number of hydrogen-bond donors (Lipinski definition) is 1. The quantitative estimate of drug-likeness (QED) is 0.0872. The molecule has 0 radical (unpaired) electrons. The van der Waals surface area contributed by atoms with Gasteiger partial charge in [0.25, 0.3) is 0 Å². The normalized spacial score (nSPS) is 16.9. The van der Waals surface area contributed by atoms with E-state index in [-0.39, 0.29) is 50.2 Å². The Labute approximate surface area is 265 Å². The number of benzene rings is 4. The van der Waals surface area contributed by atoms with Gasteiger partial charge in [0.2, 0.25) is 5.88 Å². The summed E-state index contributed by atoms with van der Waals surface area (Å²) in [6, 6.07) is 19.3. The van der Waals surface area contributed by atoms with E-state index in [0.717, 1.165) is 27.8 Å². The minimum atomic E-state index is -1.84. The molecule has 0 saturated carbocycles. The first-order valence-corrected chi connectivity index (χ1v) is 13.7. The largest absolute Gasteiger partial charge is 0.506 e. The number of phenolic OH excluding ortho intramolecular Hbond substituents is 1. The van der Waals surface area contributed by atoms with Crippen molar-refractivity contribution in [1.82, 2.24) is 4.98 Å². The van der Waals surface area contributed by atoms with E-state index in [0.29, 0.717) is 22.7 Å². The van der Waals surface area contributed by atoms with Crippen molar-refractivity contribution in [2.24, 2.45) is 4.99 Å². The molecular weight excluding hydrogens is 753 g/mol. The number of phenols is 1. The zero-order chi connectivity index (χ0) is 30.2. The second-order valence-corrected chi connectivity index (χ2v) is 11.0. The molecule has 2 heterocycles. The smallest absolute Gasteiger partial charge is 0.217 e. The summed E-state index contributed by atoms with van der Waals surface area (Å²) in [6.07, 6.45) is -0.0690. The molecule has 0 amide bonds. The first kappa shape index (κ1) is 29.8. The Balaban J connectivity index is 0.00000343. The standard InChI is InChI=1S/C34H24F4N3O2.Pt/c1-16-12-17(2)33(18(3)13-16)41-23-15-22-26(28(36)30(38)29(37)27(22)35)32(23)40-34(41)20-7-4-8-21(14-20)43-25-11-10-19-6-5-9-24(42)31(19)39-25;/h4-13,23,32,42H,15H2,1-3H3;/q-1;/t23-,32-;/m1./s1. The van der Waals surface area contributed by atoms with E-state index in [9.17, 15) is 18.3 Å².